The molecular formula is C17H15F3O5. The van der Waals surface area contributed by atoms with Gasteiger partial charge in [0.15, 0.2) is 6.79 Å². The highest BCUT2D eigenvalue weighted by Gasteiger charge is 2.31. The van der Waals surface area contributed by atoms with E-state index in [9.17, 15) is 18.0 Å². The third-order valence-electron chi connectivity index (χ3n) is 3.14. The van der Waals surface area contributed by atoms with Gasteiger partial charge in [0.05, 0.1) is 7.11 Å². The van der Waals surface area contributed by atoms with Crippen LogP contribution in [0.4, 0.5) is 13.2 Å². The molecule has 0 aliphatic heterocycles. The second kappa shape index (κ2) is 7.89. The zero-order valence-electron chi connectivity index (χ0n) is 13.4. The lowest BCUT2D eigenvalue weighted by molar-refractivity contribution is -0.274. The van der Waals surface area contributed by atoms with E-state index >= 15 is 0 Å². The Kier molecular flexibility index (Phi) is 5.87. The first-order valence-corrected chi connectivity index (χ1v) is 7.04. The third kappa shape index (κ3) is 5.12. The molecule has 0 unspecified atom stereocenters. The lowest BCUT2D eigenvalue weighted by atomic mass is 10.0. The standard InChI is InChI=1S/C17H15F3O5/c1-22-10-24-15-9-12(5-8-14(15)16(21)23-2)11-3-6-13(7-4-11)25-17(18,19)20/h3-9H,10H2,1-2H3. The molecule has 0 bridgehead atoms. The van der Waals surface area contributed by atoms with Crippen LogP contribution < -0.4 is 9.47 Å². The number of ether oxygens (including phenoxy) is 4. The number of methoxy groups -OCH3 is 2. The van der Waals surface area contributed by atoms with Crippen molar-refractivity contribution in [2.45, 2.75) is 6.36 Å². The maximum atomic E-state index is 12.2. The fourth-order valence-electron chi connectivity index (χ4n) is 2.07. The first-order valence-electron chi connectivity index (χ1n) is 7.04. The van der Waals surface area contributed by atoms with E-state index in [1.807, 2.05) is 0 Å². The Hall–Kier alpha value is -2.74. The molecule has 0 saturated carbocycles. The fraction of sp³-hybridized carbons (Fsp3) is 0.235. The average Bonchev–Trinajstić information content (AvgIpc) is 2.58. The largest absolute Gasteiger partial charge is 0.573 e. The van der Waals surface area contributed by atoms with Gasteiger partial charge in [0.1, 0.15) is 17.1 Å². The van der Waals surface area contributed by atoms with Gasteiger partial charge < -0.3 is 18.9 Å². The average molecular weight is 356 g/mol. The lowest BCUT2D eigenvalue weighted by Crippen LogP contribution is -2.16. The zero-order valence-corrected chi connectivity index (χ0v) is 13.4. The molecule has 134 valence electrons. The Balaban J connectivity index is 2.30. The summed E-state index contributed by atoms with van der Waals surface area (Å²) in [6.07, 6.45) is -4.75. The molecule has 0 amide bonds. The molecule has 0 saturated heterocycles. The van der Waals surface area contributed by atoms with Crippen molar-refractivity contribution >= 4 is 5.97 Å². The van der Waals surface area contributed by atoms with Crippen molar-refractivity contribution in [1.82, 2.24) is 0 Å². The van der Waals surface area contributed by atoms with Crippen LogP contribution in [-0.4, -0.2) is 33.3 Å². The molecular weight excluding hydrogens is 341 g/mol. The Bertz CT molecular complexity index is 726. The maximum Gasteiger partial charge on any atom is 0.573 e. The summed E-state index contributed by atoms with van der Waals surface area (Å²) in [6.45, 7) is -0.0776. The van der Waals surface area contributed by atoms with Crippen molar-refractivity contribution in [1.29, 1.82) is 0 Å². The second-order valence-corrected chi connectivity index (χ2v) is 4.83. The van der Waals surface area contributed by atoms with E-state index in [-0.39, 0.29) is 23.9 Å². The summed E-state index contributed by atoms with van der Waals surface area (Å²) in [5.41, 5.74) is 1.46. The highest BCUT2D eigenvalue weighted by Crippen LogP contribution is 2.30. The number of rotatable bonds is 6. The number of carbonyl (C=O) groups excluding carboxylic acids is 1. The number of esters is 1. The second-order valence-electron chi connectivity index (χ2n) is 4.83. The van der Waals surface area contributed by atoms with Crippen LogP contribution in [-0.2, 0) is 9.47 Å². The molecule has 0 radical (unpaired) electrons. The molecule has 8 heteroatoms. The highest BCUT2D eigenvalue weighted by atomic mass is 19.4. The van der Waals surface area contributed by atoms with E-state index in [4.69, 9.17) is 9.47 Å². The topological polar surface area (TPSA) is 54.0 Å². The van der Waals surface area contributed by atoms with Crippen LogP contribution in [0.1, 0.15) is 10.4 Å². The van der Waals surface area contributed by atoms with Crippen LogP contribution in [0.2, 0.25) is 0 Å². The fourth-order valence-corrected chi connectivity index (χ4v) is 2.07. The third-order valence-corrected chi connectivity index (χ3v) is 3.14. The van der Waals surface area contributed by atoms with Gasteiger partial charge in [-0.3, -0.25) is 0 Å². The number of alkyl halides is 3. The Labute approximate surface area is 141 Å². The van der Waals surface area contributed by atoms with Crippen molar-refractivity contribution in [2.24, 2.45) is 0 Å². The van der Waals surface area contributed by atoms with Gasteiger partial charge in [-0.05, 0) is 35.4 Å². The maximum absolute atomic E-state index is 12.2. The number of hydrogen-bond donors (Lipinski definition) is 0. The van der Waals surface area contributed by atoms with Gasteiger partial charge in [0.25, 0.3) is 0 Å². The van der Waals surface area contributed by atoms with E-state index in [1.165, 1.54) is 44.6 Å². The normalized spacial score (nSPS) is 11.1. The summed E-state index contributed by atoms with van der Waals surface area (Å²) in [6, 6.07) is 10.0. The molecule has 25 heavy (non-hydrogen) atoms. The zero-order chi connectivity index (χ0) is 18.4. The predicted octanol–water partition coefficient (Wildman–Crippen LogP) is 4.02. The van der Waals surface area contributed by atoms with Crippen molar-refractivity contribution in [3.05, 3.63) is 48.0 Å². The summed E-state index contributed by atoms with van der Waals surface area (Å²) in [7, 11) is 2.68. The number of carbonyl (C=O) groups is 1. The van der Waals surface area contributed by atoms with Crippen LogP contribution in [0.15, 0.2) is 42.5 Å². The van der Waals surface area contributed by atoms with E-state index in [0.717, 1.165) is 0 Å². The minimum atomic E-state index is -4.75. The summed E-state index contributed by atoms with van der Waals surface area (Å²) < 4.78 is 55.3. The van der Waals surface area contributed by atoms with E-state index in [0.29, 0.717) is 11.1 Å². The molecule has 0 aliphatic rings. The van der Waals surface area contributed by atoms with Crippen molar-refractivity contribution in [3.8, 4) is 22.6 Å². The van der Waals surface area contributed by atoms with Crippen molar-refractivity contribution < 1.29 is 36.9 Å². The summed E-state index contributed by atoms with van der Waals surface area (Å²) in [5.74, 6) is -0.660. The van der Waals surface area contributed by atoms with Crippen LogP contribution in [0.3, 0.4) is 0 Å². The molecule has 2 aromatic rings. The summed E-state index contributed by atoms with van der Waals surface area (Å²) in [5, 5.41) is 0. The van der Waals surface area contributed by atoms with E-state index in [2.05, 4.69) is 9.47 Å². The van der Waals surface area contributed by atoms with E-state index in [1.54, 1.807) is 12.1 Å². The Morgan fingerprint density at radius 1 is 1.00 bits per heavy atom. The molecule has 2 rings (SSSR count). The quantitative estimate of drug-likeness (QED) is 0.578. The minimum absolute atomic E-state index is 0.0776. The number of hydrogen-bond acceptors (Lipinski definition) is 5. The first-order chi connectivity index (χ1) is 11.8. The van der Waals surface area contributed by atoms with Crippen LogP contribution in [0, 0.1) is 0 Å². The van der Waals surface area contributed by atoms with Gasteiger partial charge in [0.2, 0.25) is 0 Å². The SMILES string of the molecule is COCOc1cc(-c2ccc(OC(F)(F)F)cc2)ccc1C(=O)OC. The van der Waals surface area contributed by atoms with Gasteiger partial charge in [-0.25, -0.2) is 4.79 Å². The first kappa shape index (κ1) is 18.6. The van der Waals surface area contributed by atoms with Crippen LogP contribution in [0.5, 0.6) is 11.5 Å². The molecule has 2 aromatic carbocycles. The molecule has 0 N–H and O–H groups in total. The monoisotopic (exact) mass is 356 g/mol. The molecule has 0 atom stereocenters. The van der Waals surface area contributed by atoms with E-state index < -0.39 is 12.3 Å². The van der Waals surface area contributed by atoms with Crippen LogP contribution in [0.25, 0.3) is 11.1 Å². The number of benzene rings is 2. The van der Waals surface area contributed by atoms with Crippen molar-refractivity contribution in [2.75, 3.05) is 21.0 Å². The smallest absolute Gasteiger partial charge is 0.467 e. The highest BCUT2D eigenvalue weighted by molar-refractivity contribution is 5.93. The lowest BCUT2D eigenvalue weighted by Gasteiger charge is -2.12. The molecule has 0 heterocycles. The van der Waals surface area contributed by atoms with Gasteiger partial charge in [-0.15, -0.1) is 13.2 Å². The summed E-state index contributed by atoms with van der Waals surface area (Å²) in [4.78, 5) is 11.8. The van der Waals surface area contributed by atoms with Crippen LogP contribution >= 0.6 is 0 Å². The van der Waals surface area contributed by atoms with Gasteiger partial charge in [-0.2, -0.15) is 0 Å². The Morgan fingerprint density at radius 3 is 2.20 bits per heavy atom. The van der Waals surface area contributed by atoms with Crippen molar-refractivity contribution in [3.63, 3.8) is 0 Å². The summed E-state index contributed by atoms with van der Waals surface area (Å²) >= 11 is 0. The molecule has 0 aliphatic carbocycles. The predicted molar refractivity (Wildman–Crippen MR) is 82.4 cm³/mol. The van der Waals surface area contributed by atoms with Gasteiger partial charge in [-0.1, -0.05) is 18.2 Å². The minimum Gasteiger partial charge on any atom is -0.467 e. The number of halogens is 3. The molecule has 0 spiro atoms. The molecule has 0 fully saturated rings. The molecule has 0 aromatic heterocycles. The molecule has 5 nitrogen and oxygen atoms in total. The Morgan fingerprint density at radius 2 is 1.64 bits per heavy atom. The van der Waals surface area contributed by atoms with Gasteiger partial charge >= 0.3 is 12.3 Å². The van der Waals surface area contributed by atoms with Gasteiger partial charge in [0, 0.05) is 7.11 Å².